The van der Waals surface area contributed by atoms with E-state index < -0.39 is 0 Å². The first kappa shape index (κ1) is 12.2. The molecule has 0 amide bonds. The molecule has 3 rings (SSSR count). The van der Waals surface area contributed by atoms with Crippen LogP contribution in [0.4, 0.5) is 11.8 Å². The summed E-state index contributed by atoms with van der Waals surface area (Å²) in [7, 11) is 3.56. The molecular formula is C12H18N6O. The van der Waals surface area contributed by atoms with Gasteiger partial charge in [0.1, 0.15) is 5.52 Å². The van der Waals surface area contributed by atoms with Crippen molar-refractivity contribution in [1.29, 1.82) is 0 Å². The zero-order chi connectivity index (χ0) is 13.3. The second-order valence-electron chi connectivity index (χ2n) is 4.84. The van der Waals surface area contributed by atoms with E-state index in [1.165, 1.54) is 6.42 Å². The molecule has 0 saturated heterocycles. The summed E-state index contributed by atoms with van der Waals surface area (Å²) in [6, 6.07) is 0. The average molecular weight is 262 g/mol. The van der Waals surface area contributed by atoms with Crippen LogP contribution in [-0.2, 0) is 4.74 Å². The maximum absolute atomic E-state index is 5.60. The smallest absolute Gasteiger partial charge is 0.226 e. The van der Waals surface area contributed by atoms with Crippen LogP contribution in [-0.4, -0.2) is 46.2 Å². The van der Waals surface area contributed by atoms with E-state index in [4.69, 9.17) is 4.74 Å². The van der Waals surface area contributed by atoms with Crippen molar-refractivity contribution in [2.75, 3.05) is 31.3 Å². The van der Waals surface area contributed by atoms with Crippen LogP contribution in [0.15, 0.2) is 6.33 Å². The van der Waals surface area contributed by atoms with Crippen molar-refractivity contribution in [3.8, 4) is 0 Å². The van der Waals surface area contributed by atoms with Crippen LogP contribution >= 0.6 is 0 Å². The lowest BCUT2D eigenvalue weighted by Gasteiger charge is -2.40. The number of hydrogen-bond donors (Lipinski definition) is 3. The first-order valence-electron chi connectivity index (χ1n) is 6.44. The van der Waals surface area contributed by atoms with Crippen molar-refractivity contribution in [3.05, 3.63) is 6.33 Å². The van der Waals surface area contributed by atoms with Gasteiger partial charge >= 0.3 is 0 Å². The number of aromatic nitrogens is 4. The molecule has 1 fully saturated rings. The molecule has 1 aliphatic rings. The van der Waals surface area contributed by atoms with Crippen LogP contribution in [0.25, 0.3) is 11.2 Å². The molecule has 7 nitrogen and oxygen atoms in total. The zero-order valence-electron chi connectivity index (χ0n) is 11.2. The predicted molar refractivity (Wildman–Crippen MR) is 73.3 cm³/mol. The van der Waals surface area contributed by atoms with Gasteiger partial charge < -0.3 is 20.4 Å². The van der Waals surface area contributed by atoms with E-state index in [1.807, 2.05) is 0 Å². The summed E-state index contributed by atoms with van der Waals surface area (Å²) in [6.45, 7) is 0.748. The number of methoxy groups -OCH3 is 1. The molecule has 1 aliphatic carbocycles. The highest BCUT2D eigenvalue weighted by molar-refractivity contribution is 5.83. The molecule has 0 radical (unpaired) electrons. The van der Waals surface area contributed by atoms with Gasteiger partial charge in [-0.3, -0.25) is 0 Å². The minimum absolute atomic E-state index is 0.0445. The summed E-state index contributed by atoms with van der Waals surface area (Å²) in [4.78, 5) is 15.9. The maximum Gasteiger partial charge on any atom is 0.226 e. The fourth-order valence-electron chi connectivity index (χ4n) is 2.34. The van der Waals surface area contributed by atoms with Crippen molar-refractivity contribution in [3.63, 3.8) is 0 Å². The van der Waals surface area contributed by atoms with Crippen LogP contribution in [0.1, 0.15) is 19.3 Å². The Bertz CT molecular complexity index is 571. The molecule has 0 spiro atoms. The van der Waals surface area contributed by atoms with Gasteiger partial charge in [0.25, 0.3) is 0 Å². The second kappa shape index (κ2) is 4.65. The number of nitrogens with one attached hydrogen (secondary N) is 3. The van der Waals surface area contributed by atoms with Crippen molar-refractivity contribution in [1.82, 2.24) is 19.9 Å². The Kier molecular flexibility index (Phi) is 2.98. The van der Waals surface area contributed by atoms with Crippen LogP contribution in [0.2, 0.25) is 0 Å². The highest BCUT2D eigenvalue weighted by Crippen LogP contribution is 2.35. The Labute approximate surface area is 111 Å². The Hall–Kier alpha value is -1.89. The predicted octanol–water partition coefficient (Wildman–Crippen LogP) is 1.38. The van der Waals surface area contributed by atoms with Gasteiger partial charge in [-0.2, -0.15) is 9.97 Å². The van der Waals surface area contributed by atoms with Crippen LogP contribution in [0, 0.1) is 0 Å². The molecule has 19 heavy (non-hydrogen) atoms. The molecule has 2 aromatic heterocycles. The third kappa shape index (κ3) is 2.10. The van der Waals surface area contributed by atoms with E-state index in [1.54, 1.807) is 20.5 Å². The first-order valence-corrected chi connectivity index (χ1v) is 6.44. The Morgan fingerprint density at radius 1 is 1.42 bits per heavy atom. The molecule has 7 heteroatoms. The van der Waals surface area contributed by atoms with Crippen molar-refractivity contribution in [2.45, 2.75) is 24.9 Å². The molecule has 102 valence electrons. The second-order valence-corrected chi connectivity index (χ2v) is 4.84. The number of nitrogens with zero attached hydrogens (tertiary/aromatic N) is 3. The fraction of sp³-hybridized carbons (Fsp3) is 0.583. The molecule has 2 aromatic rings. The fourth-order valence-corrected chi connectivity index (χ4v) is 2.34. The summed E-state index contributed by atoms with van der Waals surface area (Å²) in [5.41, 5.74) is 1.43. The number of anilines is 2. The molecule has 0 unspecified atom stereocenters. The number of rotatable bonds is 5. The minimum atomic E-state index is -0.0445. The number of hydrogen-bond acceptors (Lipinski definition) is 6. The molecule has 0 bridgehead atoms. The Balaban J connectivity index is 1.85. The van der Waals surface area contributed by atoms with Gasteiger partial charge in [-0.1, -0.05) is 0 Å². The number of fused-ring (bicyclic) bond motifs is 1. The standard InChI is InChI=1S/C12H18N6O/c1-13-11-17-9(8-10(18-11)16-7-15-8)14-6-12(19-2)4-3-5-12/h7H,3-6H2,1-2H3,(H3,13,14,15,16,17,18). The third-order valence-electron chi connectivity index (χ3n) is 3.79. The third-order valence-corrected chi connectivity index (χ3v) is 3.79. The lowest BCUT2D eigenvalue weighted by atomic mass is 9.80. The van der Waals surface area contributed by atoms with Crippen LogP contribution in [0.3, 0.4) is 0 Å². The van der Waals surface area contributed by atoms with Crippen molar-refractivity contribution >= 4 is 22.9 Å². The van der Waals surface area contributed by atoms with E-state index in [9.17, 15) is 0 Å². The molecule has 1 saturated carbocycles. The molecular weight excluding hydrogens is 244 g/mol. The monoisotopic (exact) mass is 262 g/mol. The molecule has 0 aliphatic heterocycles. The van der Waals surface area contributed by atoms with Gasteiger partial charge in [0.05, 0.1) is 11.9 Å². The van der Waals surface area contributed by atoms with Crippen LogP contribution < -0.4 is 10.6 Å². The highest BCUT2D eigenvalue weighted by Gasteiger charge is 2.37. The summed E-state index contributed by atoms with van der Waals surface area (Å²) in [5, 5.41) is 6.30. The molecule has 0 atom stereocenters. The van der Waals surface area contributed by atoms with Crippen molar-refractivity contribution < 1.29 is 4.74 Å². The van der Waals surface area contributed by atoms with Gasteiger partial charge in [-0.05, 0) is 19.3 Å². The normalized spacial score (nSPS) is 17.2. The van der Waals surface area contributed by atoms with E-state index in [2.05, 4.69) is 30.6 Å². The van der Waals surface area contributed by atoms with Gasteiger partial charge in [0, 0.05) is 20.7 Å². The van der Waals surface area contributed by atoms with Gasteiger partial charge in [-0.25, -0.2) is 4.98 Å². The van der Waals surface area contributed by atoms with E-state index >= 15 is 0 Å². The van der Waals surface area contributed by atoms with E-state index in [-0.39, 0.29) is 5.60 Å². The van der Waals surface area contributed by atoms with Gasteiger partial charge in [-0.15, -0.1) is 0 Å². The number of aromatic amines is 1. The van der Waals surface area contributed by atoms with Crippen LogP contribution in [0.5, 0.6) is 0 Å². The van der Waals surface area contributed by atoms with E-state index in [0.717, 1.165) is 30.7 Å². The number of ether oxygens (including phenoxy) is 1. The number of H-pyrrole nitrogens is 1. The van der Waals surface area contributed by atoms with Gasteiger partial charge in [0.2, 0.25) is 5.95 Å². The van der Waals surface area contributed by atoms with Crippen molar-refractivity contribution in [2.24, 2.45) is 0 Å². The lowest BCUT2D eigenvalue weighted by molar-refractivity contribution is -0.0601. The summed E-state index contributed by atoms with van der Waals surface area (Å²) in [5.74, 6) is 1.32. The average Bonchev–Trinajstić information content (AvgIpc) is 2.85. The number of imidazole rings is 1. The topological polar surface area (TPSA) is 87.8 Å². The first-order chi connectivity index (χ1) is 9.26. The summed E-state index contributed by atoms with van der Waals surface area (Å²) >= 11 is 0. The van der Waals surface area contributed by atoms with Gasteiger partial charge in [0.15, 0.2) is 11.5 Å². The summed E-state index contributed by atoms with van der Waals surface area (Å²) in [6.07, 6.45) is 5.03. The zero-order valence-corrected chi connectivity index (χ0v) is 11.2. The Morgan fingerprint density at radius 2 is 2.26 bits per heavy atom. The molecule has 3 N–H and O–H groups in total. The van der Waals surface area contributed by atoms with E-state index in [0.29, 0.717) is 11.6 Å². The Morgan fingerprint density at radius 3 is 2.89 bits per heavy atom. The quantitative estimate of drug-likeness (QED) is 0.754. The highest BCUT2D eigenvalue weighted by atomic mass is 16.5. The molecule has 2 heterocycles. The minimum Gasteiger partial charge on any atom is -0.376 e. The summed E-state index contributed by atoms with van der Waals surface area (Å²) < 4.78 is 5.60. The maximum atomic E-state index is 5.60. The molecule has 0 aromatic carbocycles. The largest absolute Gasteiger partial charge is 0.376 e. The lowest BCUT2D eigenvalue weighted by Crippen LogP contribution is -2.45. The SMILES string of the molecule is CNc1nc(NCC2(OC)CCC2)c2[nH]cnc2n1.